The summed E-state index contributed by atoms with van der Waals surface area (Å²) in [5.74, 6) is -0.201. The second-order valence-electron chi connectivity index (χ2n) is 7.28. The molecular weight excluding hydrogens is 556 g/mol. The number of amidine groups is 1. The van der Waals surface area contributed by atoms with Gasteiger partial charge in [-0.1, -0.05) is 29.8 Å². The first kappa shape index (κ1) is 24.8. The Morgan fingerprint density at radius 1 is 1.14 bits per heavy atom. The van der Waals surface area contributed by atoms with Crippen molar-refractivity contribution in [2.75, 3.05) is 7.11 Å². The maximum atomic E-state index is 12.4. The van der Waals surface area contributed by atoms with Gasteiger partial charge < -0.3 is 19.9 Å². The molecule has 10 heteroatoms. The van der Waals surface area contributed by atoms with Crippen LogP contribution in [-0.2, 0) is 11.4 Å². The lowest BCUT2D eigenvalue weighted by Gasteiger charge is -2.11. The number of aliphatic imine (C=N–C) groups is 1. The van der Waals surface area contributed by atoms with Gasteiger partial charge in [0.2, 0.25) is 0 Å². The largest absolute Gasteiger partial charge is 0.493 e. The van der Waals surface area contributed by atoms with Gasteiger partial charge >= 0.3 is 5.97 Å². The molecule has 0 atom stereocenters. The summed E-state index contributed by atoms with van der Waals surface area (Å²) >= 11 is 10.7. The van der Waals surface area contributed by atoms with Crippen LogP contribution in [0, 0.1) is 0 Å². The van der Waals surface area contributed by atoms with Crippen molar-refractivity contribution in [3.8, 4) is 11.5 Å². The second kappa shape index (κ2) is 11.0. The smallest absolute Gasteiger partial charge is 0.335 e. The van der Waals surface area contributed by atoms with Gasteiger partial charge in [0.15, 0.2) is 16.7 Å². The van der Waals surface area contributed by atoms with E-state index in [0.29, 0.717) is 32.3 Å². The number of ether oxygens (including phenoxy) is 2. The first-order chi connectivity index (χ1) is 16.8. The summed E-state index contributed by atoms with van der Waals surface area (Å²) in [6.07, 6.45) is 1.74. The summed E-state index contributed by atoms with van der Waals surface area (Å²) in [6, 6.07) is 17.1. The highest BCUT2D eigenvalue weighted by molar-refractivity contribution is 9.10. The molecular formula is C25H18BrClN2O5S. The molecule has 0 spiro atoms. The lowest BCUT2D eigenvalue weighted by molar-refractivity contribution is -0.115. The standard InChI is InChI=1S/C25H18BrClN2O5S/c1-33-21-10-15(4-9-20(21)34-13-14-2-5-16(6-3-14)24(31)32)11-22-23(30)29-25(35-22)28-17-7-8-18(26)19(27)12-17/h2-12H,13H2,1H3,(H,31,32)(H,28,29,30)/b22-11+. The SMILES string of the molecule is COc1cc(/C=C2/SC(=Nc3ccc(Br)c(Cl)c3)NC2=O)ccc1OCc1ccc(C(=O)O)cc1. The van der Waals surface area contributed by atoms with Crippen LogP contribution in [0.25, 0.3) is 6.08 Å². The fraction of sp³-hybridized carbons (Fsp3) is 0.0800. The van der Waals surface area contributed by atoms with E-state index in [9.17, 15) is 9.59 Å². The predicted octanol–water partition coefficient (Wildman–Crippen LogP) is 6.28. The molecule has 0 aliphatic carbocycles. The maximum Gasteiger partial charge on any atom is 0.335 e. The molecule has 1 heterocycles. The molecule has 1 fully saturated rings. The highest BCUT2D eigenvalue weighted by atomic mass is 79.9. The Bertz CT molecular complexity index is 1360. The average molecular weight is 574 g/mol. The number of amides is 1. The number of methoxy groups -OCH3 is 1. The normalized spacial score (nSPS) is 15.3. The highest BCUT2D eigenvalue weighted by Gasteiger charge is 2.24. The number of rotatable bonds is 7. The summed E-state index contributed by atoms with van der Waals surface area (Å²) in [7, 11) is 1.53. The van der Waals surface area contributed by atoms with Gasteiger partial charge in [0.25, 0.3) is 5.91 Å². The number of nitrogens with zero attached hydrogens (tertiary/aromatic N) is 1. The number of carbonyl (C=O) groups excluding carboxylic acids is 1. The Morgan fingerprint density at radius 3 is 2.60 bits per heavy atom. The molecule has 0 unspecified atom stereocenters. The molecule has 1 aliphatic rings. The van der Waals surface area contributed by atoms with Crippen molar-refractivity contribution < 1.29 is 24.2 Å². The summed E-state index contributed by atoms with van der Waals surface area (Å²) in [6.45, 7) is 0.245. The summed E-state index contributed by atoms with van der Waals surface area (Å²) in [5, 5.41) is 12.7. The molecule has 3 aromatic rings. The topological polar surface area (TPSA) is 97.2 Å². The number of hydrogen-bond acceptors (Lipinski definition) is 6. The summed E-state index contributed by atoms with van der Waals surface area (Å²) < 4.78 is 12.1. The van der Waals surface area contributed by atoms with Crippen LogP contribution in [0.2, 0.25) is 5.02 Å². The van der Waals surface area contributed by atoms with Gasteiger partial charge in [0.1, 0.15) is 6.61 Å². The Balaban J connectivity index is 1.46. The number of benzene rings is 3. The number of carbonyl (C=O) groups is 2. The van der Waals surface area contributed by atoms with Crippen molar-refractivity contribution in [1.29, 1.82) is 0 Å². The molecule has 0 radical (unpaired) electrons. The predicted molar refractivity (Wildman–Crippen MR) is 141 cm³/mol. The molecule has 0 bridgehead atoms. The van der Waals surface area contributed by atoms with Gasteiger partial charge in [-0.2, -0.15) is 0 Å². The van der Waals surface area contributed by atoms with E-state index in [4.69, 9.17) is 26.2 Å². The number of hydrogen-bond donors (Lipinski definition) is 2. The number of carboxylic acids is 1. The fourth-order valence-corrected chi connectivity index (χ4v) is 4.36. The molecule has 1 saturated heterocycles. The minimum Gasteiger partial charge on any atom is -0.493 e. The first-order valence-corrected chi connectivity index (χ1v) is 12.2. The molecule has 35 heavy (non-hydrogen) atoms. The first-order valence-electron chi connectivity index (χ1n) is 10.2. The molecule has 0 saturated carbocycles. The van der Waals surface area contributed by atoms with Crippen LogP contribution in [0.15, 0.2) is 75.0 Å². The van der Waals surface area contributed by atoms with Crippen LogP contribution in [0.4, 0.5) is 5.69 Å². The Morgan fingerprint density at radius 2 is 1.91 bits per heavy atom. The van der Waals surface area contributed by atoms with Gasteiger partial charge in [-0.15, -0.1) is 0 Å². The molecule has 0 aromatic heterocycles. The van der Waals surface area contributed by atoms with Crippen LogP contribution >= 0.6 is 39.3 Å². The Kier molecular flexibility index (Phi) is 7.80. The fourth-order valence-electron chi connectivity index (χ4n) is 3.10. The second-order valence-corrected chi connectivity index (χ2v) is 9.57. The molecule has 3 aromatic carbocycles. The average Bonchev–Trinajstić information content (AvgIpc) is 3.18. The van der Waals surface area contributed by atoms with Crippen molar-refractivity contribution in [3.63, 3.8) is 0 Å². The van der Waals surface area contributed by atoms with E-state index >= 15 is 0 Å². The number of carboxylic acid groups (broad SMARTS) is 1. The number of halogens is 2. The molecule has 4 rings (SSSR count). The number of aromatic carboxylic acids is 1. The zero-order valence-electron chi connectivity index (χ0n) is 18.2. The third-order valence-electron chi connectivity index (χ3n) is 4.87. The van der Waals surface area contributed by atoms with Gasteiger partial charge in [0, 0.05) is 4.47 Å². The van der Waals surface area contributed by atoms with Crippen molar-refractivity contribution >= 4 is 68.1 Å². The number of thioether (sulfide) groups is 1. The minimum atomic E-state index is -0.978. The van der Waals surface area contributed by atoms with E-state index in [1.807, 2.05) is 6.07 Å². The van der Waals surface area contributed by atoms with Crippen LogP contribution < -0.4 is 14.8 Å². The van der Waals surface area contributed by atoms with Crippen molar-refractivity contribution in [2.24, 2.45) is 4.99 Å². The van der Waals surface area contributed by atoms with Crippen molar-refractivity contribution in [2.45, 2.75) is 6.61 Å². The summed E-state index contributed by atoms with van der Waals surface area (Å²) in [5.41, 5.74) is 2.42. The van der Waals surface area contributed by atoms with E-state index in [1.165, 1.54) is 31.0 Å². The van der Waals surface area contributed by atoms with E-state index < -0.39 is 5.97 Å². The van der Waals surface area contributed by atoms with E-state index in [0.717, 1.165) is 15.6 Å². The number of nitrogens with one attached hydrogen (secondary N) is 1. The van der Waals surface area contributed by atoms with Gasteiger partial charge in [-0.25, -0.2) is 9.79 Å². The van der Waals surface area contributed by atoms with E-state index in [-0.39, 0.29) is 18.1 Å². The maximum absolute atomic E-state index is 12.4. The third kappa shape index (κ3) is 6.25. The van der Waals surface area contributed by atoms with Crippen LogP contribution in [0.5, 0.6) is 11.5 Å². The Hall–Kier alpha value is -3.27. The van der Waals surface area contributed by atoms with E-state index in [2.05, 4.69) is 26.2 Å². The van der Waals surface area contributed by atoms with Crippen molar-refractivity contribution in [3.05, 3.63) is 91.8 Å². The van der Waals surface area contributed by atoms with Crippen LogP contribution in [-0.4, -0.2) is 29.3 Å². The molecule has 2 N–H and O–H groups in total. The van der Waals surface area contributed by atoms with Gasteiger partial charge in [-0.05, 0) is 87.4 Å². The Labute approximate surface area is 218 Å². The molecule has 7 nitrogen and oxygen atoms in total. The molecule has 178 valence electrons. The zero-order valence-corrected chi connectivity index (χ0v) is 21.4. The quantitative estimate of drug-likeness (QED) is 0.323. The lowest BCUT2D eigenvalue weighted by atomic mass is 10.1. The van der Waals surface area contributed by atoms with Crippen LogP contribution in [0.1, 0.15) is 21.5 Å². The summed E-state index contributed by atoms with van der Waals surface area (Å²) in [4.78, 5) is 28.4. The molecule has 1 amide bonds. The monoisotopic (exact) mass is 572 g/mol. The van der Waals surface area contributed by atoms with Gasteiger partial charge in [-0.3, -0.25) is 4.79 Å². The molecule has 1 aliphatic heterocycles. The van der Waals surface area contributed by atoms with Gasteiger partial charge in [0.05, 0.1) is 28.3 Å². The zero-order chi connectivity index (χ0) is 24.9. The third-order valence-corrected chi connectivity index (χ3v) is 7.01. The lowest BCUT2D eigenvalue weighted by Crippen LogP contribution is -2.19. The van der Waals surface area contributed by atoms with Crippen molar-refractivity contribution in [1.82, 2.24) is 5.32 Å². The minimum absolute atomic E-state index is 0.214. The van der Waals surface area contributed by atoms with E-state index in [1.54, 1.807) is 48.5 Å². The highest BCUT2D eigenvalue weighted by Crippen LogP contribution is 2.33. The van der Waals surface area contributed by atoms with Crippen LogP contribution in [0.3, 0.4) is 0 Å².